The number of unbranched alkanes of at least 4 members (excludes halogenated alkanes) is 4. The van der Waals surface area contributed by atoms with E-state index >= 15 is 0 Å². The van der Waals surface area contributed by atoms with E-state index in [1.807, 2.05) is 0 Å². The predicted octanol–water partition coefficient (Wildman–Crippen LogP) is 6.37. The number of benzene rings is 1. The van der Waals surface area contributed by atoms with Crippen LogP contribution in [0.15, 0.2) is 24.3 Å². The van der Waals surface area contributed by atoms with Crippen molar-refractivity contribution in [2.75, 3.05) is 13.2 Å². The van der Waals surface area contributed by atoms with Crippen LogP contribution in [0.3, 0.4) is 0 Å². The minimum Gasteiger partial charge on any atom is -0.434 e. The van der Waals surface area contributed by atoms with E-state index in [1.54, 1.807) is 0 Å². The molecule has 0 aliphatic rings. The van der Waals surface area contributed by atoms with Crippen LogP contribution >= 0.6 is 22.6 Å². The topological polar surface area (TPSA) is 35.5 Å². The van der Waals surface area contributed by atoms with Gasteiger partial charge < -0.3 is 9.47 Å². The van der Waals surface area contributed by atoms with Crippen LogP contribution in [0.25, 0.3) is 0 Å². The Bertz CT molecular complexity index is 445. The largest absolute Gasteiger partial charge is 0.508 e. The SMILES string of the molecule is CCCCCCOC(=O)OC[C@@H](CCCC)Cc1ccc(I)cc1. The number of ether oxygens (including phenoxy) is 2. The lowest BCUT2D eigenvalue weighted by atomic mass is 9.95. The van der Waals surface area contributed by atoms with Gasteiger partial charge in [-0.25, -0.2) is 4.79 Å². The van der Waals surface area contributed by atoms with Crippen LogP contribution in [0, 0.1) is 9.49 Å². The van der Waals surface area contributed by atoms with Gasteiger partial charge in [0.1, 0.15) is 0 Å². The molecule has 4 heteroatoms. The predicted molar refractivity (Wildman–Crippen MR) is 107 cm³/mol. The summed E-state index contributed by atoms with van der Waals surface area (Å²) in [5.74, 6) is 0.359. The number of halogens is 1. The van der Waals surface area contributed by atoms with Crippen molar-refractivity contribution in [2.45, 2.75) is 65.2 Å². The molecular weight excluding hydrogens is 415 g/mol. The monoisotopic (exact) mass is 446 g/mol. The Kier molecular flexibility index (Phi) is 12.0. The number of carbonyl (C=O) groups excluding carboxylic acids is 1. The van der Waals surface area contributed by atoms with Crippen molar-refractivity contribution in [1.29, 1.82) is 0 Å². The first-order valence-electron chi connectivity index (χ1n) is 9.19. The first-order valence-corrected chi connectivity index (χ1v) is 10.3. The highest BCUT2D eigenvalue weighted by Crippen LogP contribution is 2.17. The molecule has 0 saturated heterocycles. The second kappa shape index (κ2) is 13.5. The number of rotatable bonds is 12. The lowest BCUT2D eigenvalue weighted by Gasteiger charge is -2.17. The Hall–Kier alpha value is -0.780. The van der Waals surface area contributed by atoms with Gasteiger partial charge in [0.15, 0.2) is 0 Å². The second-order valence-corrected chi connectivity index (χ2v) is 7.55. The van der Waals surface area contributed by atoms with Crippen LogP contribution in [-0.4, -0.2) is 19.4 Å². The third-order valence-electron chi connectivity index (χ3n) is 4.06. The maximum Gasteiger partial charge on any atom is 0.508 e. The quantitative estimate of drug-likeness (QED) is 0.213. The molecule has 0 heterocycles. The zero-order valence-corrected chi connectivity index (χ0v) is 17.2. The van der Waals surface area contributed by atoms with Gasteiger partial charge in [-0.15, -0.1) is 0 Å². The standard InChI is InChI=1S/C20H31IO3/c1-3-5-7-8-14-23-20(22)24-16-18(9-6-4-2)15-17-10-12-19(21)13-11-17/h10-13,18H,3-9,14-16H2,1-2H3/t18-/m0/s1. The molecule has 1 aromatic rings. The summed E-state index contributed by atoms with van der Waals surface area (Å²) in [5, 5.41) is 0. The molecule has 1 atom stereocenters. The third kappa shape index (κ3) is 10.2. The summed E-state index contributed by atoms with van der Waals surface area (Å²) in [6, 6.07) is 8.57. The molecule has 24 heavy (non-hydrogen) atoms. The normalized spacial score (nSPS) is 12.0. The fourth-order valence-corrected chi connectivity index (χ4v) is 2.96. The molecule has 0 spiro atoms. The van der Waals surface area contributed by atoms with Crippen molar-refractivity contribution in [1.82, 2.24) is 0 Å². The summed E-state index contributed by atoms with van der Waals surface area (Å²) in [6.45, 7) is 5.27. The molecule has 0 aromatic heterocycles. The van der Waals surface area contributed by atoms with E-state index in [2.05, 4.69) is 60.7 Å². The molecule has 1 rings (SSSR count). The van der Waals surface area contributed by atoms with Crippen molar-refractivity contribution in [3.8, 4) is 0 Å². The minimum absolute atomic E-state index is 0.359. The third-order valence-corrected chi connectivity index (χ3v) is 4.78. The Morgan fingerprint density at radius 3 is 2.38 bits per heavy atom. The fraction of sp³-hybridized carbons (Fsp3) is 0.650. The summed E-state index contributed by atoms with van der Waals surface area (Å²) in [6.07, 6.45) is 8.22. The van der Waals surface area contributed by atoms with E-state index in [9.17, 15) is 4.79 Å². The van der Waals surface area contributed by atoms with E-state index in [0.29, 0.717) is 19.1 Å². The Labute approximate surface area is 160 Å². The average molecular weight is 446 g/mol. The molecular formula is C20H31IO3. The van der Waals surface area contributed by atoms with Gasteiger partial charge in [-0.2, -0.15) is 0 Å². The summed E-state index contributed by atoms with van der Waals surface area (Å²) >= 11 is 2.31. The van der Waals surface area contributed by atoms with Gasteiger partial charge in [-0.1, -0.05) is 58.1 Å². The summed E-state index contributed by atoms with van der Waals surface area (Å²) < 4.78 is 11.7. The minimum atomic E-state index is -0.518. The van der Waals surface area contributed by atoms with Crippen LogP contribution in [0.5, 0.6) is 0 Å². The van der Waals surface area contributed by atoms with Crippen molar-refractivity contribution in [3.05, 3.63) is 33.4 Å². The Morgan fingerprint density at radius 2 is 1.71 bits per heavy atom. The molecule has 0 bridgehead atoms. The first kappa shape index (κ1) is 21.3. The second-order valence-electron chi connectivity index (χ2n) is 6.31. The lowest BCUT2D eigenvalue weighted by molar-refractivity contribution is 0.0420. The number of hydrogen-bond donors (Lipinski definition) is 0. The molecule has 0 amide bonds. The van der Waals surface area contributed by atoms with Gasteiger partial charge in [0.2, 0.25) is 0 Å². The van der Waals surface area contributed by atoms with E-state index in [4.69, 9.17) is 9.47 Å². The van der Waals surface area contributed by atoms with Crippen LogP contribution in [0.2, 0.25) is 0 Å². The van der Waals surface area contributed by atoms with Crippen molar-refractivity contribution < 1.29 is 14.3 Å². The molecule has 0 N–H and O–H groups in total. The van der Waals surface area contributed by atoms with E-state index in [-0.39, 0.29) is 0 Å². The summed E-state index contributed by atoms with van der Waals surface area (Å²) in [4.78, 5) is 11.7. The molecule has 0 aliphatic carbocycles. The summed E-state index contributed by atoms with van der Waals surface area (Å²) in [5.41, 5.74) is 1.30. The van der Waals surface area contributed by atoms with Gasteiger partial charge in [-0.3, -0.25) is 0 Å². The maximum atomic E-state index is 11.7. The molecule has 1 aromatic carbocycles. The lowest BCUT2D eigenvalue weighted by Crippen LogP contribution is -2.17. The van der Waals surface area contributed by atoms with Crippen LogP contribution in [-0.2, 0) is 15.9 Å². The van der Waals surface area contributed by atoms with E-state index in [1.165, 1.54) is 22.0 Å². The number of hydrogen-bond acceptors (Lipinski definition) is 3. The van der Waals surface area contributed by atoms with Crippen LogP contribution in [0.1, 0.15) is 64.4 Å². The molecule has 0 unspecified atom stereocenters. The first-order chi connectivity index (χ1) is 11.7. The smallest absolute Gasteiger partial charge is 0.434 e. The molecule has 0 fully saturated rings. The van der Waals surface area contributed by atoms with Gasteiger partial charge in [-0.05, 0) is 65.5 Å². The molecule has 0 radical (unpaired) electrons. The zero-order valence-electron chi connectivity index (χ0n) is 15.1. The fourth-order valence-electron chi connectivity index (χ4n) is 2.60. The molecule has 3 nitrogen and oxygen atoms in total. The molecule has 136 valence electrons. The summed E-state index contributed by atoms with van der Waals surface area (Å²) in [7, 11) is 0. The maximum absolute atomic E-state index is 11.7. The molecule has 0 aliphatic heterocycles. The van der Waals surface area contributed by atoms with Gasteiger partial charge in [0, 0.05) is 3.57 Å². The zero-order chi connectivity index (χ0) is 17.6. The van der Waals surface area contributed by atoms with Gasteiger partial charge in [0.25, 0.3) is 0 Å². The van der Waals surface area contributed by atoms with Crippen molar-refractivity contribution in [2.24, 2.45) is 5.92 Å². The highest BCUT2D eigenvalue weighted by Gasteiger charge is 2.13. The Morgan fingerprint density at radius 1 is 1.00 bits per heavy atom. The highest BCUT2D eigenvalue weighted by atomic mass is 127. The van der Waals surface area contributed by atoms with E-state index < -0.39 is 6.16 Å². The average Bonchev–Trinajstić information content (AvgIpc) is 2.59. The highest BCUT2D eigenvalue weighted by molar-refractivity contribution is 14.1. The van der Waals surface area contributed by atoms with Crippen molar-refractivity contribution in [3.63, 3.8) is 0 Å². The van der Waals surface area contributed by atoms with Crippen LogP contribution < -0.4 is 0 Å². The van der Waals surface area contributed by atoms with Gasteiger partial charge >= 0.3 is 6.16 Å². The van der Waals surface area contributed by atoms with Gasteiger partial charge in [0.05, 0.1) is 13.2 Å². The Balaban J connectivity index is 2.33. The number of carbonyl (C=O) groups is 1. The van der Waals surface area contributed by atoms with Crippen LogP contribution in [0.4, 0.5) is 4.79 Å². The van der Waals surface area contributed by atoms with Crippen molar-refractivity contribution >= 4 is 28.7 Å². The molecule has 0 saturated carbocycles. The van der Waals surface area contributed by atoms with E-state index in [0.717, 1.165) is 38.5 Å².